The number of rotatable bonds is 4. The van der Waals surface area contributed by atoms with Crippen molar-refractivity contribution in [1.82, 2.24) is 20.2 Å². The lowest BCUT2D eigenvalue weighted by Crippen LogP contribution is -2.27. The minimum Gasteiger partial charge on any atom is -0.324 e. The molecule has 6 heteroatoms. The van der Waals surface area contributed by atoms with Crippen molar-refractivity contribution in [2.75, 3.05) is 5.32 Å². The van der Waals surface area contributed by atoms with E-state index in [1.807, 2.05) is 60.7 Å². The molecule has 2 aromatic carbocycles. The average Bonchev–Trinajstić information content (AvgIpc) is 3.03. The Labute approximate surface area is 121 Å². The molecule has 1 atom stereocenters. The zero-order chi connectivity index (χ0) is 14.5. The summed E-state index contributed by atoms with van der Waals surface area (Å²) in [4.78, 5) is 12.6. The third-order valence-corrected chi connectivity index (χ3v) is 3.03. The number of amides is 1. The van der Waals surface area contributed by atoms with E-state index in [4.69, 9.17) is 0 Å². The zero-order valence-electron chi connectivity index (χ0n) is 11.1. The van der Waals surface area contributed by atoms with E-state index in [9.17, 15) is 4.79 Å². The molecule has 0 aliphatic carbocycles. The Hall–Kier alpha value is -3.02. The number of para-hydroxylation sites is 1. The van der Waals surface area contributed by atoms with Crippen molar-refractivity contribution in [3.05, 3.63) is 72.6 Å². The van der Waals surface area contributed by atoms with E-state index in [0.29, 0.717) is 0 Å². The van der Waals surface area contributed by atoms with Crippen molar-refractivity contribution in [2.24, 2.45) is 0 Å². The molecule has 1 N–H and O–H groups in total. The van der Waals surface area contributed by atoms with Gasteiger partial charge < -0.3 is 5.32 Å². The van der Waals surface area contributed by atoms with Crippen LogP contribution >= 0.6 is 0 Å². The van der Waals surface area contributed by atoms with Crippen molar-refractivity contribution in [2.45, 2.75) is 6.04 Å². The highest BCUT2D eigenvalue weighted by Crippen LogP contribution is 2.19. The molecule has 0 fully saturated rings. The lowest BCUT2D eigenvalue weighted by molar-refractivity contribution is -0.118. The Balaban J connectivity index is 1.91. The first kappa shape index (κ1) is 13.0. The van der Waals surface area contributed by atoms with Gasteiger partial charge in [-0.25, -0.2) is 4.68 Å². The van der Waals surface area contributed by atoms with E-state index in [2.05, 4.69) is 20.8 Å². The molecular weight excluding hydrogens is 266 g/mol. The molecule has 0 saturated heterocycles. The predicted molar refractivity (Wildman–Crippen MR) is 77.5 cm³/mol. The van der Waals surface area contributed by atoms with Gasteiger partial charge in [0.25, 0.3) is 5.91 Å². The van der Waals surface area contributed by atoms with Crippen LogP contribution in [0.25, 0.3) is 0 Å². The predicted octanol–water partition coefficient (Wildman–Crippen LogP) is 1.90. The SMILES string of the molecule is O=C(Nc1ccccc1)[C@@H](c1ccccc1)n1cnnn1. The summed E-state index contributed by atoms with van der Waals surface area (Å²) in [5, 5.41) is 13.9. The maximum absolute atomic E-state index is 12.6. The highest BCUT2D eigenvalue weighted by Gasteiger charge is 2.23. The average molecular weight is 279 g/mol. The maximum atomic E-state index is 12.6. The molecule has 0 bridgehead atoms. The second-order valence-electron chi connectivity index (χ2n) is 4.46. The van der Waals surface area contributed by atoms with E-state index < -0.39 is 6.04 Å². The Morgan fingerprint density at radius 3 is 2.29 bits per heavy atom. The third-order valence-electron chi connectivity index (χ3n) is 3.03. The van der Waals surface area contributed by atoms with Crippen LogP contribution in [0, 0.1) is 0 Å². The van der Waals surface area contributed by atoms with Gasteiger partial charge >= 0.3 is 0 Å². The molecule has 1 heterocycles. The molecule has 6 nitrogen and oxygen atoms in total. The van der Waals surface area contributed by atoms with Crippen LogP contribution in [-0.4, -0.2) is 26.1 Å². The van der Waals surface area contributed by atoms with Crippen LogP contribution in [-0.2, 0) is 4.79 Å². The maximum Gasteiger partial charge on any atom is 0.253 e. The number of anilines is 1. The summed E-state index contributed by atoms with van der Waals surface area (Å²) in [5.41, 5.74) is 1.55. The minimum absolute atomic E-state index is 0.195. The first-order valence-electron chi connectivity index (χ1n) is 6.48. The number of benzene rings is 2. The van der Waals surface area contributed by atoms with Gasteiger partial charge in [-0.1, -0.05) is 48.5 Å². The number of carbonyl (C=O) groups is 1. The van der Waals surface area contributed by atoms with Gasteiger partial charge in [-0.2, -0.15) is 0 Å². The van der Waals surface area contributed by atoms with Gasteiger partial charge in [-0.15, -0.1) is 5.10 Å². The molecule has 0 aliphatic heterocycles. The van der Waals surface area contributed by atoms with Crippen LogP contribution in [0.1, 0.15) is 11.6 Å². The topological polar surface area (TPSA) is 72.7 Å². The van der Waals surface area contributed by atoms with E-state index in [1.54, 1.807) is 0 Å². The van der Waals surface area contributed by atoms with E-state index in [1.165, 1.54) is 11.0 Å². The number of nitrogens with zero attached hydrogens (tertiary/aromatic N) is 4. The first-order chi connectivity index (χ1) is 10.3. The Morgan fingerprint density at radius 1 is 1.00 bits per heavy atom. The zero-order valence-corrected chi connectivity index (χ0v) is 11.1. The summed E-state index contributed by atoms with van der Waals surface area (Å²) in [6.45, 7) is 0. The van der Waals surface area contributed by atoms with Gasteiger partial charge in [0, 0.05) is 5.69 Å². The molecule has 0 radical (unpaired) electrons. The van der Waals surface area contributed by atoms with Crippen LogP contribution in [0.15, 0.2) is 67.0 Å². The number of nitrogens with one attached hydrogen (secondary N) is 1. The normalized spacial score (nSPS) is 11.8. The second kappa shape index (κ2) is 5.96. The highest BCUT2D eigenvalue weighted by atomic mass is 16.2. The number of hydrogen-bond donors (Lipinski definition) is 1. The summed E-state index contributed by atoms with van der Waals surface area (Å²) in [5.74, 6) is -0.195. The quantitative estimate of drug-likeness (QED) is 0.791. The molecule has 0 aliphatic rings. The number of carbonyl (C=O) groups excluding carboxylic acids is 1. The molecule has 21 heavy (non-hydrogen) atoms. The van der Waals surface area contributed by atoms with Crippen molar-refractivity contribution in [3.63, 3.8) is 0 Å². The molecule has 1 aromatic heterocycles. The molecular formula is C15H13N5O. The Morgan fingerprint density at radius 2 is 1.67 bits per heavy atom. The standard InChI is InChI=1S/C15H13N5O/c21-15(17-13-9-5-2-6-10-13)14(20-11-16-18-19-20)12-7-3-1-4-8-12/h1-11,14H,(H,17,21)/t14-/m1/s1. The van der Waals surface area contributed by atoms with Crippen molar-refractivity contribution in [3.8, 4) is 0 Å². The fraction of sp³-hybridized carbons (Fsp3) is 0.0667. The van der Waals surface area contributed by atoms with Crippen molar-refractivity contribution in [1.29, 1.82) is 0 Å². The fourth-order valence-corrected chi connectivity index (χ4v) is 2.08. The summed E-state index contributed by atoms with van der Waals surface area (Å²) >= 11 is 0. The fourth-order valence-electron chi connectivity index (χ4n) is 2.08. The van der Waals surface area contributed by atoms with E-state index >= 15 is 0 Å². The van der Waals surface area contributed by atoms with Gasteiger partial charge in [0.1, 0.15) is 6.33 Å². The van der Waals surface area contributed by atoms with Crippen LogP contribution in [0.4, 0.5) is 5.69 Å². The second-order valence-corrected chi connectivity index (χ2v) is 4.46. The summed E-state index contributed by atoms with van der Waals surface area (Å²) in [6.07, 6.45) is 1.43. The molecule has 104 valence electrons. The van der Waals surface area contributed by atoms with Crippen molar-refractivity contribution < 1.29 is 4.79 Å². The molecule has 3 aromatic rings. The first-order valence-corrected chi connectivity index (χ1v) is 6.48. The van der Waals surface area contributed by atoms with Gasteiger partial charge in [-0.3, -0.25) is 4.79 Å². The number of aromatic nitrogens is 4. The minimum atomic E-state index is -0.610. The Bertz CT molecular complexity index is 697. The Kier molecular flexibility index (Phi) is 3.68. The summed E-state index contributed by atoms with van der Waals surface area (Å²) in [6, 6.07) is 18.1. The van der Waals surface area contributed by atoms with Crippen molar-refractivity contribution >= 4 is 11.6 Å². The molecule has 1 amide bonds. The molecule has 0 saturated carbocycles. The van der Waals surface area contributed by atoms with Gasteiger partial charge in [0.05, 0.1) is 0 Å². The third kappa shape index (κ3) is 2.94. The van der Waals surface area contributed by atoms with E-state index in [-0.39, 0.29) is 5.91 Å². The number of hydrogen-bond acceptors (Lipinski definition) is 4. The molecule has 3 rings (SSSR count). The molecule has 0 spiro atoms. The lowest BCUT2D eigenvalue weighted by Gasteiger charge is -2.16. The van der Waals surface area contributed by atoms with Crippen LogP contribution in [0.3, 0.4) is 0 Å². The lowest BCUT2D eigenvalue weighted by atomic mass is 10.1. The highest BCUT2D eigenvalue weighted by molar-refractivity contribution is 5.95. The largest absolute Gasteiger partial charge is 0.324 e. The van der Waals surface area contributed by atoms with Crippen LogP contribution < -0.4 is 5.32 Å². The van der Waals surface area contributed by atoms with E-state index in [0.717, 1.165) is 11.3 Å². The molecule has 0 unspecified atom stereocenters. The smallest absolute Gasteiger partial charge is 0.253 e. The van der Waals surface area contributed by atoms with Gasteiger partial charge in [-0.05, 0) is 28.1 Å². The summed E-state index contributed by atoms with van der Waals surface area (Å²) in [7, 11) is 0. The van der Waals surface area contributed by atoms with Gasteiger partial charge in [0.15, 0.2) is 6.04 Å². The van der Waals surface area contributed by atoms with Crippen LogP contribution in [0.2, 0.25) is 0 Å². The monoisotopic (exact) mass is 279 g/mol. The summed E-state index contributed by atoms with van der Waals surface area (Å²) < 4.78 is 1.44. The van der Waals surface area contributed by atoms with Gasteiger partial charge in [0.2, 0.25) is 0 Å². The number of tetrazole rings is 1. The van der Waals surface area contributed by atoms with Crippen LogP contribution in [0.5, 0.6) is 0 Å².